The number of carbonyl (C=O) groups is 1. The zero-order valence-corrected chi connectivity index (χ0v) is 11.6. The number of hydrogen-bond donors (Lipinski definition) is 2. The molecule has 0 spiro atoms. The molecule has 0 aromatic heterocycles. The third kappa shape index (κ3) is 4.06. The van der Waals surface area contributed by atoms with Crippen molar-refractivity contribution >= 4 is 17.4 Å². The fourth-order valence-electron chi connectivity index (χ4n) is 2.08. The van der Waals surface area contributed by atoms with Crippen LogP contribution >= 0.6 is 0 Å². The van der Waals surface area contributed by atoms with Gasteiger partial charge in [-0.1, -0.05) is 0 Å². The van der Waals surface area contributed by atoms with Gasteiger partial charge in [0.25, 0.3) is 5.69 Å². The average Bonchev–Trinajstić information content (AvgIpc) is 2.98. The molecule has 0 saturated carbocycles. The number of non-ortho nitro benzene ring substituents is 1. The van der Waals surface area contributed by atoms with Crippen molar-refractivity contribution in [2.24, 2.45) is 0 Å². The van der Waals surface area contributed by atoms with E-state index in [9.17, 15) is 14.9 Å². The number of hydrogen-bond acceptors (Lipinski definition) is 5. The monoisotopic (exact) mass is 295 g/mol. The van der Waals surface area contributed by atoms with Gasteiger partial charge in [0, 0.05) is 19.2 Å². The van der Waals surface area contributed by atoms with Crippen LogP contribution in [-0.4, -0.2) is 37.3 Å². The number of benzene rings is 1. The highest BCUT2D eigenvalue weighted by molar-refractivity contribution is 5.91. The number of carbonyl (C=O) groups excluding carboxylic acids is 1. The van der Waals surface area contributed by atoms with E-state index in [1.807, 2.05) is 0 Å². The molecule has 1 aliphatic heterocycles. The summed E-state index contributed by atoms with van der Waals surface area (Å²) in [6, 6.07) is 3.59. The van der Waals surface area contributed by atoms with Gasteiger partial charge < -0.3 is 20.1 Å². The van der Waals surface area contributed by atoms with Crippen molar-refractivity contribution in [1.82, 2.24) is 5.32 Å². The van der Waals surface area contributed by atoms with E-state index in [1.165, 1.54) is 25.3 Å². The number of amides is 2. The molecule has 114 valence electrons. The van der Waals surface area contributed by atoms with Crippen molar-refractivity contribution in [1.29, 1.82) is 0 Å². The molecule has 0 unspecified atom stereocenters. The van der Waals surface area contributed by atoms with Crippen molar-refractivity contribution in [3.05, 3.63) is 28.3 Å². The lowest BCUT2D eigenvalue weighted by atomic mass is 10.2. The molecule has 8 nitrogen and oxygen atoms in total. The number of anilines is 1. The maximum atomic E-state index is 11.8. The van der Waals surface area contributed by atoms with Crippen LogP contribution in [0.25, 0.3) is 0 Å². The van der Waals surface area contributed by atoms with Crippen LogP contribution in [0.3, 0.4) is 0 Å². The molecule has 1 saturated heterocycles. The normalized spacial score (nSPS) is 17.3. The molecule has 0 bridgehead atoms. The lowest BCUT2D eigenvalue weighted by molar-refractivity contribution is -0.384. The number of urea groups is 1. The van der Waals surface area contributed by atoms with Gasteiger partial charge in [-0.3, -0.25) is 10.1 Å². The van der Waals surface area contributed by atoms with E-state index in [0.717, 1.165) is 19.4 Å². The predicted molar refractivity (Wildman–Crippen MR) is 75.6 cm³/mol. The smallest absolute Gasteiger partial charge is 0.319 e. The van der Waals surface area contributed by atoms with Crippen LogP contribution < -0.4 is 15.4 Å². The summed E-state index contributed by atoms with van der Waals surface area (Å²) in [6.07, 6.45) is 1.99. The number of nitrogens with zero attached hydrogens (tertiary/aromatic N) is 1. The van der Waals surface area contributed by atoms with Crippen LogP contribution in [0.1, 0.15) is 12.8 Å². The molecule has 1 aromatic rings. The van der Waals surface area contributed by atoms with Gasteiger partial charge in [-0.2, -0.15) is 0 Å². The van der Waals surface area contributed by atoms with E-state index in [-0.39, 0.29) is 17.5 Å². The number of nitro benzene ring substituents is 1. The summed E-state index contributed by atoms with van der Waals surface area (Å²) in [6.45, 7) is 1.16. The second-order valence-electron chi connectivity index (χ2n) is 4.61. The fourth-order valence-corrected chi connectivity index (χ4v) is 2.08. The Labute approximate surface area is 121 Å². The van der Waals surface area contributed by atoms with Crippen molar-refractivity contribution in [2.45, 2.75) is 18.9 Å². The largest absolute Gasteiger partial charge is 0.494 e. The number of ether oxygens (including phenoxy) is 2. The molecule has 1 aliphatic rings. The van der Waals surface area contributed by atoms with Crippen molar-refractivity contribution < 1.29 is 19.2 Å². The summed E-state index contributed by atoms with van der Waals surface area (Å²) in [5.41, 5.74) is 0.269. The van der Waals surface area contributed by atoms with Crippen molar-refractivity contribution in [2.75, 3.05) is 25.6 Å². The third-order valence-electron chi connectivity index (χ3n) is 3.16. The zero-order chi connectivity index (χ0) is 15.2. The van der Waals surface area contributed by atoms with Gasteiger partial charge in [0.1, 0.15) is 5.75 Å². The molecule has 21 heavy (non-hydrogen) atoms. The Balaban J connectivity index is 1.94. The fraction of sp³-hybridized carbons (Fsp3) is 0.462. The van der Waals surface area contributed by atoms with Gasteiger partial charge in [0.05, 0.1) is 29.9 Å². The molecule has 1 atom stereocenters. The molecular weight excluding hydrogens is 278 g/mol. The Morgan fingerprint density at radius 2 is 2.38 bits per heavy atom. The molecular formula is C13H17N3O5. The maximum absolute atomic E-state index is 11.8. The van der Waals surface area contributed by atoms with Crippen LogP contribution in [0, 0.1) is 10.1 Å². The Morgan fingerprint density at radius 3 is 3.00 bits per heavy atom. The molecule has 2 N–H and O–H groups in total. The van der Waals surface area contributed by atoms with Crippen molar-refractivity contribution in [3.8, 4) is 5.75 Å². The second-order valence-corrected chi connectivity index (χ2v) is 4.61. The van der Waals surface area contributed by atoms with E-state index in [4.69, 9.17) is 9.47 Å². The van der Waals surface area contributed by atoms with Crippen LogP contribution in [-0.2, 0) is 4.74 Å². The first-order valence-corrected chi connectivity index (χ1v) is 6.59. The maximum Gasteiger partial charge on any atom is 0.319 e. The Bertz CT molecular complexity index is 529. The molecule has 1 fully saturated rings. The lowest BCUT2D eigenvalue weighted by Crippen LogP contribution is -2.35. The minimum absolute atomic E-state index is 0.0505. The predicted octanol–water partition coefficient (Wildman–Crippen LogP) is 1.90. The van der Waals surface area contributed by atoms with E-state index in [1.54, 1.807) is 0 Å². The molecule has 0 radical (unpaired) electrons. The number of nitro groups is 1. The van der Waals surface area contributed by atoms with Gasteiger partial charge in [-0.25, -0.2) is 4.79 Å². The molecule has 1 aromatic carbocycles. The number of nitrogens with one attached hydrogen (secondary N) is 2. The second kappa shape index (κ2) is 6.89. The SMILES string of the molecule is COc1cc([N+](=O)[O-])ccc1NC(=O)NC[C@@H]1CCCO1. The Kier molecular flexibility index (Phi) is 4.94. The highest BCUT2D eigenvalue weighted by atomic mass is 16.6. The lowest BCUT2D eigenvalue weighted by Gasteiger charge is -2.13. The molecule has 2 amide bonds. The summed E-state index contributed by atoms with van der Waals surface area (Å²) in [7, 11) is 1.38. The van der Waals surface area contributed by atoms with E-state index in [0.29, 0.717) is 12.2 Å². The van der Waals surface area contributed by atoms with Crippen LogP contribution in [0.2, 0.25) is 0 Å². The molecule has 8 heteroatoms. The highest BCUT2D eigenvalue weighted by Crippen LogP contribution is 2.28. The standard InChI is InChI=1S/C13H17N3O5/c1-20-12-7-9(16(18)19)4-5-11(12)15-13(17)14-8-10-3-2-6-21-10/h4-5,7,10H,2-3,6,8H2,1H3,(H2,14,15,17)/t10-/m0/s1. The van der Waals surface area contributed by atoms with E-state index < -0.39 is 11.0 Å². The Morgan fingerprint density at radius 1 is 1.57 bits per heavy atom. The summed E-state index contributed by atoms with van der Waals surface area (Å²) in [5, 5.41) is 16.0. The van der Waals surface area contributed by atoms with E-state index in [2.05, 4.69) is 10.6 Å². The van der Waals surface area contributed by atoms with Crippen LogP contribution in [0.4, 0.5) is 16.2 Å². The zero-order valence-electron chi connectivity index (χ0n) is 11.6. The van der Waals surface area contributed by atoms with Gasteiger partial charge >= 0.3 is 6.03 Å². The first-order valence-electron chi connectivity index (χ1n) is 6.59. The van der Waals surface area contributed by atoms with Gasteiger partial charge in [-0.05, 0) is 18.9 Å². The summed E-state index contributed by atoms with van der Waals surface area (Å²) >= 11 is 0. The summed E-state index contributed by atoms with van der Waals surface area (Å²) in [5.74, 6) is 0.233. The summed E-state index contributed by atoms with van der Waals surface area (Å²) in [4.78, 5) is 22.0. The minimum Gasteiger partial charge on any atom is -0.494 e. The molecule has 2 rings (SSSR count). The highest BCUT2D eigenvalue weighted by Gasteiger charge is 2.17. The first kappa shape index (κ1) is 15.0. The number of rotatable bonds is 5. The van der Waals surface area contributed by atoms with Crippen molar-refractivity contribution in [3.63, 3.8) is 0 Å². The topological polar surface area (TPSA) is 103 Å². The first-order chi connectivity index (χ1) is 10.1. The molecule has 1 heterocycles. The quantitative estimate of drug-likeness (QED) is 0.638. The Hall–Kier alpha value is -2.35. The molecule has 0 aliphatic carbocycles. The number of methoxy groups -OCH3 is 1. The van der Waals surface area contributed by atoms with Crippen LogP contribution in [0.5, 0.6) is 5.75 Å². The third-order valence-corrected chi connectivity index (χ3v) is 3.16. The van der Waals surface area contributed by atoms with E-state index >= 15 is 0 Å². The summed E-state index contributed by atoms with van der Waals surface area (Å²) < 4.78 is 10.4. The minimum atomic E-state index is -0.524. The van der Waals surface area contributed by atoms with Gasteiger partial charge in [0.15, 0.2) is 0 Å². The van der Waals surface area contributed by atoms with Gasteiger partial charge in [0.2, 0.25) is 0 Å². The van der Waals surface area contributed by atoms with Gasteiger partial charge in [-0.15, -0.1) is 0 Å². The van der Waals surface area contributed by atoms with Crippen LogP contribution in [0.15, 0.2) is 18.2 Å². The average molecular weight is 295 g/mol.